The molecule has 2 aromatic rings. The van der Waals surface area contributed by atoms with Gasteiger partial charge in [-0.15, -0.1) is 0 Å². The van der Waals surface area contributed by atoms with E-state index < -0.39 is 0 Å². The van der Waals surface area contributed by atoms with Gasteiger partial charge in [0.15, 0.2) is 6.29 Å². The molecule has 0 aliphatic rings. The lowest BCUT2D eigenvalue weighted by molar-refractivity contribution is -0.109. The van der Waals surface area contributed by atoms with Crippen LogP contribution >= 0.6 is 0 Å². The van der Waals surface area contributed by atoms with E-state index >= 15 is 0 Å². The largest absolute Gasteiger partial charge is 0.486 e. The average molecular weight is 202 g/mol. The summed E-state index contributed by atoms with van der Waals surface area (Å²) in [6.45, 7) is 0.0877. The zero-order chi connectivity index (χ0) is 10.5. The molecule has 0 fully saturated rings. The Bertz CT molecular complexity index is 420. The number of ether oxygens (including phenoxy) is 1. The fraction of sp³-hybridized carbons (Fsp3) is 0.0909. The van der Waals surface area contributed by atoms with Crippen molar-refractivity contribution in [1.29, 1.82) is 0 Å². The molecule has 0 aliphatic heterocycles. The Balaban J connectivity index is 2.14. The first-order valence-electron chi connectivity index (χ1n) is 4.55. The topological polar surface area (TPSA) is 44.1 Å². The fourth-order valence-corrected chi connectivity index (χ4v) is 1.26. The summed E-state index contributed by atoms with van der Waals surface area (Å²) in [5.41, 5.74) is 1.01. The van der Waals surface area contributed by atoms with Crippen LogP contribution in [-0.4, -0.2) is 22.4 Å². The number of hydrogen-bond acceptors (Lipinski definition) is 3. The molecule has 0 aliphatic carbocycles. The summed E-state index contributed by atoms with van der Waals surface area (Å²) in [5, 5.41) is 0. The summed E-state index contributed by atoms with van der Waals surface area (Å²) >= 11 is 0. The molecule has 0 saturated carbocycles. The fourth-order valence-electron chi connectivity index (χ4n) is 1.26. The number of aromatic nitrogens is 2. The highest BCUT2D eigenvalue weighted by Gasteiger charge is 1.96. The second kappa shape index (κ2) is 4.41. The van der Waals surface area contributed by atoms with Crippen LogP contribution in [0.15, 0.2) is 43.0 Å². The van der Waals surface area contributed by atoms with Gasteiger partial charge >= 0.3 is 0 Å². The van der Waals surface area contributed by atoms with Gasteiger partial charge in [-0.05, 0) is 24.3 Å². The summed E-state index contributed by atoms with van der Waals surface area (Å²) < 4.78 is 7.03. The van der Waals surface area contributed by atoms with Crippen LogP contribution < -0.4 is 4.74 Å². The Kier molecular flexibility index (Phi) is 2.78. The average Bonchev–Trinajstić information content (AvgIpc) is 2.80. The molecule has 1 aromatic carbocycles. The molecule has 4 heteroatoms. The number of imidazole rings is 1. The van der Waals surface area contributed by atoms with Crippen LogP contribution in [0.1, 0.15) is 0 Å². The predicted molar refractivity (Wildman–Crippen MR) is 55.1 cm³/mol. The van der Waals surface area contributed by atoms with Crippen molar-refractivity contribution < 1.29 is 9.53 Å². The lowest BCUT2D eigenvalue weighted by Gasteiger charge is -2.04. The van der Waals surface area contributed by atoms with Crippen LogP contribution in [0.25, 0.3) is 5.69 Å². The molecule has 4 nitrogen and oxygen atoms in total. The van der Waals surface area contributed by atoms with Crippen LogP contribution in [-0.2, 0) is 4.79 Å². The van der Waals surface area contributed by atoms with E-state index in [9.17, 15) is 4.79 Å². The molecule has 0 atom stereocenters. The molecule has 1 aromatic heterocycles. The van der Waals surface area contributed by atoms with Crippen molar-refractivity contribution in [3.05, 3.63) is 43.0 Å². The lowest BCUT2D eigenvalue weighted by Crippen LogP contribution is -1.97. The minimum Gasteiger partial charge on any atom is -0.486 e. The van der Waals surface area contributed by atoms with Crippen LogP contribution in [0, 0.1) is 0 Å². The minimum absolute atomic E-state index is 0.0877. The minimum atomic E-state index is 0.0877. The third-order valence-electron chi connectivity index (χ3n) is 1.96. The van der Waals surface area contributed by atoms with Gasteiger partial charge in [-0.25, -0.2) is 4.98 Å². The van der Waals surface area contributed by atoms with Crippen molar-refractivity contribution in [3.63, 3.8) is 0 Å². The highest BCUT2D eigenvalue weighted by atomic mass is 16.5. The Labute approximate surface area is 87.1 Å². The first kappa shape index (κ1) is 9.45. The molecule has 0 saturated heterocycles. The van der Waals surface area contributed by atoms with Gasteiger partial charge in [0, 0.05) is 18.1 Å². The highest BCUT2D eigenvalue weighted by Crippen LogP contribution is 2.14. The number of rotatable bonds is 4. The van der Waals surface area contributed by atoms with E-state index in [1.54, 1.807) is 12.5 Å². The molecular formula is C11H10N2O2. The third-order valence-corrected chi connectivity index (χ3v) is 1.96. The molecule has 15 heavy (non-hydrogen) atoms. The number of carbonyl (C=O) groups excluding carboxylic acids is 1. The van der Waals surface area contributed by atoms with Gasteiger partial charge in [-0.2, -0.15) is 0 Å². The van der Waals surface area contributed by atoms with Gasteiger partial charge in [0.05, 0.1) is 6.33 Å². The van der Waals surface area contributed by atoms with Gasteiger partial charge in [0.2, 0.25) is 0 Å². The standard InChI is InChI=1S/C11H10N2O2/c14-7-8-15-11-3-1-10(2-4-11)13-6-5-12-9-13/h1-7,9H,8H2. The van der Waals surface area contributed by atoms with Gasteiger partial charge in [0.25, 0.3) is 0 Å². The van der Waals surface area contributed by atoms with E-state index in [-0.39, 0.29) is 6.61 Å². The van der Waals surface area contributed by atoms with E-state index in [2.05, 4.69) is 4.98 Å². The number of carbonyl (C=O) groups is 1. The van der Waals surface area contributed by atoms with Gasteiger partial charge in [-0.1, -0.05) is 0 Å². The lowest BCUT2D eigenvalue weighted by atomic mass is 10.3. The molecule has 0 spiro atoms. The van der Waals surface area contributed by atoms with Gasteiger partial charge in [-0.3, -0.25) is 4.79 Å². The second-order valence-electron chi connectivity index (χ2n) is 2.94. The van der Waals surface area contributed by atoms with Gasteiger partial charge in [0.1, 0.15) is 12.4 Å². The monoisotopic (exact) mass is 202 g/mol. The van der Waals surface area contributed by atoms with Crippen molar-refractivity contribution in [2.45, 2.75) is 0 Å². The molecular weight excluding hydrogens is 192 g/mol. The zero-order valence-corrected chi connectivity index (χ0v) is 8.04. The maximum atomic E-state index is 10.1. The summed E-state index contributed by atoms with van der Waals surface area (Å²) in [7, 11) is 0. The summed E-state index contributed by atoms with van der Waals surface area (Å²) in [4.78, 5) is 14.1. The van der Waals surface area contributed by atoms with E-state index in [0.717, 1.165) is 12.0 Å². The molecule has 0 N–H and O–H groups in total. The maximum Gasteiger partial charge on any atom is 0.157 e. The quantitative estimate of drug-likeness (QED) is 0.705. The van der Waals surface area contributed by atoms with E-state index in [4.69, 9.17) is 4.74 Å². The van der Waals surface area contributed by atoms with Gasteiger partial charge < -0.3 is 9.30 Å². The van der Waals surface area contributed by atoms with E-state index in [0.29, 0.717) is 5.75 Å². The van der Waals surface area contributed by atoms with Crippen molar-refractivity contribution in [2.24, 2.45) is 0 Å². The summed E-state index contributed by atoms with van der Waals surface area (Å²) in [5.74, 6) is 0.686. The SMILES string of the molecule is O=CCOc1ccc(-n2ccnc2)cc1. The molecule has 0 bridgehead atoms. The van der Waals surface area contributed by atoms with E-state index in [1.165, 1.54) is 0 Å². The Morgan fingerprint density at radius 1 is 1.33 bits per heavy atom. The molecule has 0 unspecified atom stereocenters. The maximum absolute atomic E-state index is 10.1. The Hall–Kier alpha value is -2.10. The molecule has 1 heterocycles. The smallest absolute Gasteiger partial charge is 0.157 e. The predicted octanol–water partition coefficient (Wildman–Crippen LogP) is 1.45. The first-order valence-corrected chi connectivity index (χ1v) is 4.55. The normalized spacial score (nSPS) is 9.87. The summed E-state index contributed by atoms with van der Waals surface area (Å²) in [6, 6.07) is 7.45. The molecule has 76 valence electrons. The number of benzene rings is 1. The van der Waals surface area contributed by atoms with Crippen molar-refractivity contribution >= 4 is 6.29 Å². The molecule has 0 amide bonds. The van der Waals surface area contributed by atoms with Crippen molar-refractivity contribution in [3.8, 4) is 11.4 Å². The number of aldehydes is 1. The Morgan fingerprint density at radius 3 is 2.73 bits per heavy atom. The highest BCUT2D eigenvalue weighted by molar-refractivity contribution is 5.51. The van der Waals surface area contributed by atoms with Crippen molar-refractivity contribution in [1.82, 2.24) is 9.55 Å². The van der Waals surface area contributed by atoms with E-state index in [1.807, 2.05) is 35.0 Å². The Morgan fingerprint density at radius 2 is 2.13 bits per heavy atom. The van der Waals surface area contributed by atoms with Crippen LogP contribution in [0.4, 0.5) is 0 Å². The zero-order valence-electron chi connectivity index (χ0n) is 8.04. The summed E-state index contributed by atoms with van der Waals surface area (Å²) in [6.07, 6.45) is 6.03. The number of hydrogen-bond donors (Lipinski definition) is 0. The van der Waals surface area contributed by atoms with Crippen LogP contribution in [0.2, 0.25) is 0 Å². The molecule has 0 radical (unpaired) electrons. The van der Waals surface area contributed by atoms with Crippen LogP contribution in [0.5, 0.6) is 5.75 Å². The molecule has 2 rings (SSSR count). The first-order chi connectivity index (χ1) is 7.40. The van der Waals surface area contributed by atoms with Crippen molar-refractivity contribution in [2.75, 3.05) is 6.61 Å². The third kappa shape index (κ3) is 2.22. The number of nitrogens with zero attached hydrogens (tertiary/aromatic N) is 2. The second-order valence-corrected chi connectivity index (χ2v) is 2.94. The van der Waals surface area contributed by atoms with Crippen LogP contribution in [0.3, 0.4) is 0 Å².